The van der Waals surface area contributed by atoms with Crippen LogP contribution in [0.5, 0.6) is 0 Å². The van der Waals surface area contributed by atoms with Crippen LogP contribution in [-0.4, -0.2) is 10.9 Å². The maximum Gasteiger partial charge on any atom is 0.194 e. The molecular weight excluding hydrogens is 236 g/mol. The lowest BCUT2D eigenvalue weighted by Gasteiger charge is -2.00. The SMILES string of the molecule is ON=C(C[n+]1ccccc1)c1ccccc1.[Cl-]. The van der Waals surface area contributed by atoms with Gasteiger partial charge in [-0.15, -0.1) is 0 Å². The number of oxime groups is 1. The molecule has 0 saturated heterocycles. The monoisotopic (exact) mass is 248 g/mol. The minimum absolute atomic E-state index is 0. The molecule has 88 valence electrons. The number of rotatable bonds is 3. The van der Waals surface area contributed by atoms with Crippen LogP contribution in [0.1, 0.15) is 5.56 Å². The van der Waals surface area contributed by atoms with E-state index in [9.17, 15) is 0 Å². The van der Waals surface area contributed by atoms with Crippen LogP contribution in [0.4, 0.5) is 0 Å². The standard InChI is InChI=1S/C13H12N2O.ClH/c16-14-13(12-7-3-1-4-8-12)11-15-9-5-2-6-10-15;/h1-10H,11H2;1H. The van der Waals surface area contributed by atoms with Crippen molar-refractivity contribution in [3.63, 3.8) is 0 Å². The van der Waals surface area contributed by atoms with Gasteiger partial charge in [-0.1, -0.05) is 41.6 Å². The van der Waals surface area contributed by atoms with Crippen LogP contribution in [0.2, 0.25) is 0 Å². The Kier molecular flexibility index (Phi) is 5.17. The zero-order chi connectivity index (χ0) is 11.2. The number of hydrogen-bond acceptors (Lipinski definition) is 2. The normalized spacial score (nSPS) is 10.7. The van der Waals surface area contributed by atoms with Gasteiger partial charge in [-0.2, -0.15) is 4.57 Å². The van der Waals surface area contributed by atoms with Crippen molar-refractivity contribution in [3.05, 3.63) is 66.5 Å². The van der Waals surface area contributed by atoms with Crippen LogP contribution >= 0.6 is 0 Å². The number of hydrogen-bond donors (Lipinski definition) is 1. The van der Waals surface area contributed by atoms with E-state index in [1.54, 1.807) is 0 Å². The average molecular weight is 249 g/mol. The zero-order valence-electron chi connectivity index (χ0n) is 9.20. The van der Waals surface area contributed by atoms with Crippen LogP contribution < -0.4 is 17.0 Å². The molecule has 1 aromatic heterocycles. The first-order chi connectivity index (χ1) is 7.90. The molecule has 0 aliphatic heterocycles. The molecule has 3 nitrogen and oxygen atoms in total. The predicted octanol–water partition coefficient (Wildman–Crippen LogP) is -1.14. The van der Waals surface area contributed by atoms with E-state index in [1.807, 2.05) is 65.5 Å². The molecule has 0 unspecified atom stereocenters. The first kappa shape index (κ1) is 13.2. The molecule has 17 heavy (non-hydrogen) atoms. The Balaban J connectivity index is 0.00000144. The van der Waals surface area contributed by atoms with E-state index in [4.69, 9.17) is 5.21 Å². The molecule has 0 fully saturated rings. The second kappa shape index (κ2) is 6.66. The molecule has 0 amide bonds. The molecule has 0 atom stereocenters. The Labute approximate surface area is 106 Å². The minimum atomic E-state index is 0. The van der Waals surface area contributed by atoms with Gasteiger partial charge in [0, 0.05) is 17.7 Å². The van der Waals surface area contributed by atoms with Gasteiger partial charge in [0.15, 0.2) is 24.7 Å². The Morgan fingerprint density at radius 3 is 2.18 bits per heavy atom. The summed E-state index contributed by atoms with van der Waals surface area (Å²) in [6.45, 7) is 0.557. The minimum Gasteiger partial charge on any atom is -1.00 e. The Hall–Kier alpha value is -1.87. The van der Waals surface area contributed by atoms with Crippen molar-refractivity contribution in [2.45, 2.75) is 6.54 Å². The van der Waals surface area contributed by atoms with Crippen molar-refractivity contribution in [1.29, 1.82) is 0 Å². The summed E-state index contributed by atoms with van der Waals surface area (Å²) in [6, 6.07) is 15.5. The van der Waals surface area contributed by atoms with Crippen LogP contribution in [0.15, 0.2) is 66.1 Å². The van der Waals surface area contributed by atoms with Gasteiger partial charge in [0.1, 0.15) is 0 Å². The first-order valence-corrected chi connectivity index (χ1v) is 5.10. The molecule has 1 aromatic carbocycles. The summed E-state index contributed by atoms with van der Waals surface area (Å²) in [5, 5.41) is 12.4. The smallest absolute Gasteiger partial charge is 0.194 e. The topological polar surface area (TPSA) is 36.5 Å². The number of pyridine rings is 1. The van der Waals surface area contributed by atoms with E-state index in [0.717, 1.165) is 5.56 Å². The Morgan fingerprint density at radius 1 is 1.00 bits per heavy atom. The van der Waals surface area contributed by atoms with Crippen LogP contribution in [0.3, 0.4) is 0 Å². The van der Waals surface area contributed by atoms with Crippen molar-refractivity contribution in [2.75, 3.05) is 0 Å². The van der Waals surface area contributed by atoms with Gasteiger partial charge in [-0.3, -0.25) is 0 Å². The second-order valence-electron chi connectivity index (χ2n) is 3.46. The first-order valence-electron chi connectivity index (χ1n) is 5.10. The number of aromatic nitrogens is 1. The third-order valence-electron chi connectivity index (χ3n) is 2.34. The Bertz CT molecular complexity index is 471. The van der Waals surface area contributed by atoms with Crippen molar-refractivity contribution >= 4 is 5.71 Å². The third-order valence-corrected chi connectivity index (χ3v) is 2.34. The van der Waals surface area contributed by atoms with Crippen molar-refractivity contribution in [1.82, 2.24) is 0 Å². The summed E-state index contributed by atoms with van der Waals surface area (Å²) < 4.78 is 1.96. The molecule has 0 radical (unpaired) electrons. The molecular formula is C13H13ClN2O. The molecule has 2 rings (SSSR count). The number of nitrogens with zero attached hydrogens (tertiary/aromatic N) is 2. The van der Waals surface area contributed by atoms with Gasteiger partial charge < -0.3 is 17.6 Å². The maximum absolute atomic E-state index is 9.02. The summed E-state index contributed by atoms with van der Waals surface area (Å²) in [4.78, 5) is 0. The van der Waals surface area contributed by atoms with Gasteiger partial charge in [-0.25, -0.2) is 0 Å². The van der Waals surface area contributed by atoms with E-state index in [1.165, 1.54) is 0 Å². The fourth-order valence-electron chi connectivity index (χ4n) is 1.52. The quantitative estimate of drug-likeness (QED) is 0.317. The van der Waals surface area contributed by atoms with E-state index in [2.05, 4.69) is 5.16 Å². The second-order valence-corrected chi connectivity index (χ2v) is 3.46. The highest BCUT2D eigenvalue weighted by Gasteiger charge is 2.09. The third kappa shape index (κ3) is 3.57. The lowest BCUT2D eigenvalue weighted by molar-refractivity contribution is -0.681. The maximum atomic E-state index is 9.02. The highest BCUT2D eigenvalue weighted by Crippen LogP contribution is 2.01. The van der Waals surface area contributed by atoms with Gasteiger partial charge in [0.25, 0.3) is 0 Å². The molecule has 0 aliphatic rings. The van der Waals surface area contributed by atoms with E-state index >= 15 is 0 Å². The number of benzene rings is 1. The fraction of sp³-hybridized carbons (Fsp3) is 0.0769. The van der Waals surface area contributed by atoms with Gasteiger partial charge >= 0.3 is 0 Å². The van der Waals surface area contributed by atoms with Crippen molar-refractivity contribution in [2.24, 2.45) is 5.16 Å². The van der Waals surface area contributed by atoms with Crippen molar-refractivity contribution < 1.29 is 22.2 Å². The summed E-state index contributed by atoms with van der Waals surface area (Å²) in [5.74, 6) is 0. The van der Waals surface area contributed by atoms with Crippen LogP contribution in [0, 0.1) is 0 Å². The van der Waals surface area contributed by atoms with Crippen LogP contribution in [0.25, 0.3) is 0 Å². The van der Waals surface area contributed by atoms with E-state index in [0.29, 0.717) is 12.3 Å². The molecule has 0 spiro atoms. The van der Waals surface area contributed by atoms with Crippen molar-refractivity contribution in [3.8, 4) is 0 Å². The van der Waals surface area contributed by atoms with Gasteiger partial charge in [-0.05, 0) is 0 Å². The molecule has 0 bridgehead atoms. The summed E-state index contributed by atoms with van der Waals surface area (Å²) >= 11 is 0. The zero-order valence-corrected chi connectivity index (χ0v) is 9.96. The highest BCUT2D eigenvalue weighted by atomic mass is 35.5. The molecule has 4 heteroatoms. The number of halogens is 1. The Morgan fingerprint density at radius 2 is 1.59 bits per heavy atom. The lowest BCUT2D eigenvalue weighted by Crippen LogP contribution is -3.00. The highest BCUT2D eigenvalue weighted by molar-refractivity contribution is 5.99. The van der Waals surface area contributed by atoms with Gasteiger partial charge in [0.2, 0.25) is 0 Å². The average Bonchev–Trinajstić information content (AvgIpc) is 2.38. The molecule has 0 saturated carbocycles. The molecule has 0 aliphatic carbocycles. The summed E-state index contributed by atoms with van der Waals surface area (Å²) in [6.07, 6.45) is 3.88. The van der Waals surface area contributed by atoms with Gasteiger partial charge in [0.05, 0.1) is 0 Å². The van der Waals surface area contributed by atoms with Crippen LogP contribution in [-0.2, 0) is 6.54 Å². The molecule has 1 N–H and O–H groups in total. The lowest BCUT2D eigenvalue weighted by atomic mass is 10.1. The van der Waals surface area contributed by atoms with E-state index < -0.39 is 0 Å². The molecule has 2 aromatic rings. The van der Waals surface area contributed by atoms with E-state index in [-0.39, 0.29) is 12.4 Å². The predicted molar refractivity (Wildman–Crippen MR) is 61.4 cm³/mol. The summed E-state index contributed by atoms with van der Waals surface area (Å²) in [7, 11) is 0. The fourth-order valence-corrected chi connectivity index (χ4v) is 1.52. The largest absolute Gasteiger partial charge is 1.00 e. The molecule has 1 heterocycles. The summed E-state index contributed by atoms with van der Waals surface area (Å²) in [5.41, 5.74) is 1.58.